The molecule has 0 fully saturated rings. The molecule has 2 aromatic carbocycles. The van der Waals surface area contributed by atoms with E-state index in [1.165, 1.54) is 27.2 Å². The Morgan fingerprint density at radius 1 is 0.971 bits per heavy atom. The van der Waals surface area contributed by atoms with Crippen LogP contribution >= 0.6 is 11.8 Å². The van der Waals surface area contributed by atoms with Crippen molar-refractivity contribution in [3.05, 3.63) is 59.7 Å². The third-order valence-corrected chi connectivity index (χ3v) is 6.77. The summed E-state index contributed by atoms with van der Waals surface area (Å²) in [4.78, 5) is 36.9. The largest absolute Gasteiger partial charge is 0.480 e. The smallest absolute Gasteiger partial charge is 0.407 e. The Labute approximate surface area is 211 Å². The summed E-state index contributed by atoms with van der Waals surface area (Å²) in [5.41, 5.74) is 4.77. The first kappa shape index (κ1) is 26.6. The van der Waals surface area contributed by atoms with Crippen molar-refractivity contribution < 1.29 is 24.2 Å². The summed E-state index contributed by atoms with van der Waals surface area (Å²) in [7, 11) is 0. The minimum absolute atomic E-state index is 0.0438. The Morgan fingerprint density at radius 2 is 1.60 bits per heavy atom. The predicted octanol–water partition coefficient (Wildman–Crippen LogP) is 4.75. The van der Waals surface area contributed by atoms with E-state index in [0.717, 1.165) is 25.0 Å². The predicted molar refractivity (Wildman–Crippen MR) is 139 cm³/mol. The average Bonchev–Trinajstić information content (AvgIpc) is 3.18. The fourth-order valence-electron chi connectivity index (χ4n) is 4.41. The summed E-state index contributed by atoms with van der Waals surface area (Å²) in [6, 6.07) is 16.5. The first-order valence-electron chi connectivity index (χ1n) is 12.1. The van der Waals surface area contributed by atoms with Gasteiger partial charge in [0.05, 0.1) is 0 Å². The van der Waals surface area contributed by atoms with Crippen LogP contribution in [0, 0.1) is 0 Å². The number of carbonyl (C=O) groups is 3. The lowest BCUT2D eigenvalue weighted by atomic mass is 9.98. The van der Waals surface area contributed by atoms with Gasteiger partial charge < -0.3 is 20.1 Å². The monoisotopic (exact) mass is 498 g/mol. The number of thioether (sulfide) groups is 1. The van der Waals surface area contributed by atoms with Gasteiger partial charge in [0, 0.05) is 31.2 Å². The molecule has 0 heterocycles. The van der Waals surface area contributed by atoms with Gasteiger partial charge in [0.2, 0.25) is 5.91 Å². The number of amides is 2. The second-order valence-corrected chi connectivity index (χ2v) is 9.60. The second-order valence-electron chi connectivity index (χ2n) is 8.62. The molecule has 2 N–H and O–H groups in total. The van der Waals surface area contributed by atoms with Crippen LogP contribution in [0.5, 0.6) is 0 Å². The van der Waals surface area contributed by atoms with E-state index in [0.29, 0.717) is 32.5 Å². The van der Waals surface area contributed by atoms with Gasteiger partial charge in [0.1, 0.15) is 13.2 Å². The van der Waals surface area contributed by atoms with E-state index in [9.17, 15) is 14.4 Å². The van der Waals surface area contributed by atoms with E-state index in [-0.39, 0.29) is 18.4 Å². The number of aliphatic carboxylic acids is 1. The lowest BCUT2D eigenvalue weighted by Crippen LogP contribution is -2.37. The molecule has 0 bridgehead atoms. The molecule has 7 nitrogen and oxygen atoms in total. The van der Waals surface area contributed by atoms with Gasteiger partial charge in [-0.25, -0.2) is 4.79 Å². The number of hydrogen-bond donors (Lipinski definition) is 2. The summed E-state index contributed by atoms with van der Waals surface area (Å²) in [5, 5.41) is 11.8. The van der Waals surface area contributed by atoms with Crippen LogP contribution in [0.3, 0.4) is 0 Å². The number of nitrogens with zero attached hydrogens (tertiary/aromatic N) is 1. The van der Waals surface area contributed by atoms with E-state index in [1.54, 1.807) is 11.8 Å². The molecule has 1 aliphatic rings. The van der Waals surface area contributed by atoms with Crippen molar-refractivity contribution in [1.29, 1.82) is 0 Å². The fraction of sp³-hybridized carbons (Fsp3) is 0.444. The van der Waals surface area contributed by atoms with Crippen molar-refractivity contribution >= 4 is 29.7 Å². The van der Waals surface area contributed by atoms with Gasteiger partial charge in [-0.1, -0.05) is 61.4 Å². The Bertz CT molecular complexity index is 967. The van der Waals surface area contributed by atoms with E-state index in [1.807, 2.05) is 30.5 Å². The minimum Gasteiger partial charge on any atom is -0.480 e. The van der Waals surface area contributed by atoms with Gasteiger partial charge in [-0.2, -0.15) is 11.8 Å². The maximum absolute atomic E-state index is 12.3. The number of rotatable bonds is 14. The highest BCUT2D eigenvalue weighted by molar-refractivity contribution is 7.98. The molecule has 8 heteroatoms. The van der Waals surface area contributed by atoms with Crippen LogP contribution in [-0.2, 0) is 14.3 Å². The Balaban J connectivity index is 1.31. The molecule has 0 aliphatic heterocycles. The van der Waals surface area contributed by atoms with Gasteiger partial charge in [0.15, 0.2) is 0 Å². The van der Waals surface area contributed by atoms with Crippen LogP contribution in [0.1, 0.15) is 49.1 Å². The molecule has 0 radical (unpaired) electrons. The number of alkyl carbamates (subject to hydrolysis) is 1. The van der Waals surface area contributed by atoms with Crippen LogP contribution in [0.4, 0.5) is 4.79 Å². The highest BCUT2D eigenvalue weighted by Crippen LogP contribution is 2.44. The molecule has 0 spiro atoms. The quantitative estimate of drug-likeness (QED) is 0.365. The van der Waals surface area contributed by atoms with Crippen molar-refractivity contribution in [2.75, 3.05) is 38.2 Å². The van der Waals surface area contributed by atoms with Crippen LogP contribution in [-0.4, -0.2) is 66.2 Å². The number of nitrogens with one attached hydrogen (secondary N) is 1. The molecule has 35 heavy (non-hydrogen) atoms. The van der Waals surface area contributed by atoms with E-state index in [4.69, 9.17) is 9.84 Å². The van der Waals surface area contributed by atoms with Crippen molar-refractivity contribution in [2.45, 2.75) is 38.0 Å². The molecule has 0 unspecified atom stereocenters. The maximum atomic E-state index is 12.3. The van der Waals surface area contributed by atoms with Crippen LogP contribution in [0.25, 0.3) is 11.1 Å². The Kier molecular flexibility index (Phi) is 10.5. The van der Waals surface area contributed by atoms with Crippen LogP contribution < -0.4 is 5.32 Å². The minimum atomic E-state index is -0.987. The molecule has 0 saturated carbocycles. The number of carboxylic acid groups (broad SMARTS) is 1. The lowest BCUT2D eigenvalue weighted by molar-refractivity contribution is -0.144. The van der Waals surface area contributed by atoms with Gasteiger partial charge in [-0.05, 0) is 41.4 Å². The van der Waals surface area contributed by atoms with Crippen LogP contribution in [0.2, 0.25) is 0 Å². The molecular weight excluding hydrogens is 464 g/mol. The number of carbonyl (C=O) groups excluding carboxylic acids is 2. The lowest BCUT2D eigenvalue weighted by Gasteiger charge is -2.20. The van der Waals surface area contributed by atoms with Gasteiger partial charge in [-0.15, -0.1) is 0 Å². The normalized spacial score (nSPS) is 12.0. The summed E-state index contributed by atoms with van der Waals surface area (Å²) in [6.07, 6.45) is 5.09. The number of unbranched alkanes of at least 4 members (excludes halogenated alkanes) is 3. The molecule has 0 atom stereocenters. The van der Waals surface area contributed by atoms with Gasteiger partial charge in [-0.3, -0.25) is 9.59 Å². The molecular formula is C27H34N2O5S. The summed E-state index contributed by atoms with van der Waals surface area (Å²) >= 11 is 1.59. The highest BCUT2D eigenvalue weighted by atomic mass is 32.2. The number of ether oxygens (including phenoxy) is 1. The van der Waals surface area contributed by atoms with Crippen molar-refractivity contribution in [3.63, 3.8) is 0 Å². The summed E-state index contributed by atoms with van der Waals surface area (Å²) < 4.78 is 5.54. The zero-order valence-electron chi connectivity index (χ0n) is 20.2. The van der Waals surface area contributed by atoms with Crippen molar-refractivity contribution in [3.8, 4) is 11.1 Å². The average molecular weight is 499 g/mol. The number of benzene rings is 2. The first-order valence-corrected chi connectivity index (χ1v) is 13.5. The zero-order valence-corrected chi connectivity index (χ0v) is 21.0. The van der Waals surface area contributed by atoms with Crippen molar-refractivity contribution in [2.24, 2.45) is 0 Å². The van der Waals surface area contributed by atoms with Gasteiger partial charge >= 0.3 is 12.1 Å². The molecule has 188 valence electrons. The number of carboxylic acids is 1. The SMILES string of the molecule is CSCCN(CC(=O)O)C(=O)CCCCCCNC(=O)OCC1c2ccccc2-c2ccccc21. The van der Waals surface area contributed by atoms with Crippen LogP contribution in [0.15, 0.2) is 48.5 Å². The van der Waals surface area contributed by atoms with Gasteiger partial charge in [0.25, 0.3) is 0 Å². The third kappa shape index (κ3) is 7.75. The Morgan fingerprint density at radius 3 is 2.23 bits per heavy atom. The molecule has 2 amide bonds. The first-order chi connectivity index (χ1) is 17.0. The molecule has 1 aliphatic carbocycles. The van der Waals surface area contributed by atoms with E-state index in [2.05, 4.69) is 29.6 Å². The molecule has 0 aromatic heterocycles. The third-order valence-electron chi connectivity index (χ3n) is 6.17. The Hall–Kier alpha value is -3.00. The molecule has 3 rings (SSSR count). The zero-order chi connectivity index (χ0) is 25.0. The van der Waals surface area contributed by atoms with E-state index >= 15 is 0 Å². The standard InChI is InChI=1S/C27H34N2O5S/c1-35-17-16-29(18-26(31)32)25(30)14-4-2-3-9-15-28-27(33)34-19-24-22-12-7-5-10-20(22)21-11-6-8-13-23(21)24/h5-8,10-13,24H,2-4,9,14-19H2,1H3,(H,28,33)(H,31,32). The number of fused-ring (bicyclic) bond motifs is 3. The number of hydrogen-bond acceptors (Lipinski definition) is 5. The van der Waals surface area contributed by atoms with E-state index < -0.39 is 12.1 Å². The second kappa shape index (κ2) is 13.8. The fourth-order valence-corrected chi connectivity index (χ4v) is 4.81. The highest BCUT2D eigenvalue weighted by Gasteiger charge is 2.28. The topological polar surface area (TPSA) is 95.9 Å². The summed E-state index contributed by atoms with van der Waals surface area (Å²) in [5.74, 6) is -0.333. The maximum Gasteiger partial charge on any atom is 0.407 e. The van der Waals surface area contributed by atoms with Crippen molar-refractivity contribution in [1.82, 2.24) is 10.2 Å². The molecule has 0 saturated heterocycles. The molecule has 2 aromatic rings. The summed E-state index contributed by atoms with van der Waals surface area (Å²) in [6.45, 7) is 1.02.